The molecule has 5 nitrogen and oxygen atoms in total. The Morgan fingerprint density at radius 1 is 1.28 bits per heavy atom. The third-order valence-corrected chi connectivity index (χ3v) is 5.38. The number of para-hydroxylation sites is 1. The van der Waals surface area contributed by atoms with Crippen molar-refractivity contribution in [2.75, 3.05) is 18.4 Å². The van der Waals surface area contributed by atoms with Crippen LogP contribution in [0.5, 0.6) is 0 Å². The van der Waals surface area contributed by atoms with Gasteiger partial charge in [-0.25, -0.2) is 4.68 Å². The Balaban J connectivity index is 1.45. The molecule has 1 aromatic carbocycles. The highest BCUT2D eigenvalue weighted by Gasteiger charge is 2.20. The molecule has 0 aliphatic carbocycles. The minimum atomic E-state index is -0.00393. The van der Waals surface area contributed by atoms with Crippen LogP contribution in [0, 0.1) is 6.92 Å². The van der Waals surface area contributed by atoms with E-state index in [4.69, 9.17) is 0 Å². The van der Waals surface area contributed by atoms with Gasteiger partial charge in [0, 0.05) is 24.0 Å². The van der Waals surface area contributed by atoms with Gasteiger partial charge in [0.2, 0.25) is 5.91 Å². The first-order valence-corrected chi connectivity index (χ1v) is 9.26. The second-order valence-electron chi connectivity index (χ2n) is 6.30. The van der Waals surface area contributed by atoms with Crippen molar-refractivity contribution in [3.8, 4) is 5.69 Å². The van der Waals surface area contributed by atoms with Crippen molar-refractivity contribution in [2.45, 2.75) is 19.9 Å². The first kappa shape index (κ1) is 16.1. The number of nitrogens with one attached hydrogen (secondary N) is 1. The average molecular weight is 352 g/mol. The molecule has 0 saturated carbocycles. The Bertz CT molecular complexity index is 884. The van der Waals surface area contributed by atoms with Gasteiger partial charge in [-0.05, 0) is 42.5 Å². The van der Waals surface area contributed by atoms with Gasteiger partial charge in [0.15, 0.2) is 0 Å². The number of aromatic nitrogens is 2. The predicted octanol–water partition coefficient (Wildman–Crippen LogP) is 3.24. The fourth-order valence-electron chi connectivity index (χ4n) is 3.18. The zero-order chi connectivity index (χ0) is 17.2. The smallest absolute Gasteiger partial charge is 0.239 e. The first-order valence-electron chi connectivity index (χ1n) is 8.38. The van der Waals surface area contributed by atoms with E-state index in [9.17, 15) is 4.79 Å². The molecule has 1 amide bonds. The molecule has 3 aromatic rings. The van der Waals surface area contributed by atoms with Crippen molar-refractivity contribution in [3.05, 3.63) is 64.0 Å². The van der Waals surface area contributed by atoms with Gasteiger partial charge in [-0.15, -0.1) is 11.3 Å². The van der Waals surface area contributed by atoms with E-state index in [0.717, 1.165) is 30.9 Å². The summed E-state index contributed by atoms with van der Waals surface area (Å²) in [6.07, 6.45) is 1.03. The van der Waals surface area contributed by atoms with Crippen LogP contribution in [0.1, 0.15) is 16.1 Å². The van der Waals surface area contributed by atoms with Crippen molar-refractivity contribution in [1.29, 1.82) is 0 Å². The fourth-order valence-corrected chi connectivity index (χ4v) is 4.07. The molecule has 25 heavy (non-hydrogen) atoms. The Labute approximate surface area is 150 Å². The highest BCUT2D eigenvalue weighted by Crippen LogP contribution is 2.24. The number of hydrogen-bond donors (Lipinski definition) is 1. The quantitative estimate of drug-likeness (QED) is 0.784. The Hall–Kier alpha value is -2.44. The van der Waals surface area contributed by atoms with Crippen LogP contribution in [0.2, 0.25) is 0 Å². The van der Waals surface area contributed by atoms with E-state index < -0.39 is 0 Å². The van der Waals surface area contributed by atoms with E-state index in [1.54, 1.807) is 4.68 Å². The highest BCUT2D eigenvalue weighted by atomic mass is 32.1. The van der Waals surface area contributed by atoms with E-state index in [-0.39, 0.29) is 5.91 Å². The van der Waals surface area contributed by atoms with E-state index >= 15 is 0 Å². The van der Waals surface area contributed by atoms with Crippen LogP contribution in [-0.4, -0.2) is 33.7 Å². The van der Waals surface area contributed by atoms with Crippen molar-refractivity contribution >= 4 is 23.1 Å². The molecule has 0 fully saturated rings. The summed E-state index contributed by atoms with van der Waals surface area (Å²) >= 11 is 1.81. The molecular weight excluding hydrogens is 332 g/mol. The Kier molecular flexibility index (Phi) is 4.38. The lowest BCUT2D eigenvalue weighted by Gasteiger charge is -2.26. The maximum Gasteiger partial charge on any atom is 0.239 e. The van der Waals surface area contributed by atoms with Crippen molar-refractivity contribution in [3.63, 3.8) is 0 Å². The van der Waals surface area contributed by atoms with Gasteiger partial charge in [-0.1, -0.05) is 18.2 Å². The first-order chi connectivity index (χ1) is 12.2. The van der Waals surface area contributed by atoms with Gasteiger partial charge in [-0.3, -0.25) is 9.69 Å². The molecule has 3 heterocycles. The van der Waals surface area contributed by atoms with E-state index in [0.29, 0.717) is 12.4 Å². The number of hydrogen-bond acceptors (Lipinski definition) is 4. The highest BCUT2D eigenvalue weighted by molar-refractivity contribution is 7.10. The van der Waals surface area contributed by atoms with E-state index in [1.807, 2.05) is 54.7 Å². The summed E-state index contributed by atoms with van der Waals surface area (Å²) in [4.78, 5) is 16.2. The molecular formula is C19H20N4OS. The van der Waals surface area contributed by atoms with Crippen molar-refractivity contribution in [1.82, 2.24) is 14.7 Å². The largest absolute Gasteiger partial charge is 0.309 e. The van der Waals surface area contributed by atoms with Crippen LogP contribution in [-0.2, 0) is 17.8 Å². The van der Waals surface area contributed by atoms with Crippen LogP contribution in [0.25, 0.3) is 5.69 Å². The zero-order valence-corrected chi connectivity index (χ0v) is 14.9. The second kappa shape index (κ2) is 6.82. The normalized spacial score (nSPS) is 14.3. The molecule has 128 valence electrons. The summed E-state index contributed by atoms with van der Waals surface area (Å²) < 4.78 is 1.78. The number of carbonyl (C=O) groups is 1. The molecule has 0 unspecified atom stereocenters. The standard InChI is InChI=1S/C19H20N4OS/c1-14-11-18(23(21-14)16-5-3-2-4-6-16)20-19(24)13-22-9-7-17-15(12-22)8-10-25-17/h2-6,8,10-11H,7,9,12-13H2,1H3,(H,20,24). The number of fused-ring (bicyclic) bond motifs is 1. The molecule has 0 bridgehead atoms. The number of aryl methyl sites for hydroxylation is 1. The van der Waals surface area contributed by atoms with E-state index in [1.165, 1.54) is 10.4 Å². The lowest BCUT2D eigenvalue weighted by atomic mass is 10.1. The van der Waals surface area contributed by atoms with Gasteiger partial charge in [0.25, 0.3) is 0 Å². The number of anilines is 1. The van der Waals surface area contributed by atoms with Crippen LogP contribution < -0.4 is 5.32 Å². The number of nitrogens with zero attached hydrogens (tertiary/aromatic N) is 3. The fraction of sp³-hybridized carbons (Fsp3) is 0.263. The molecule has 4 rings (SSSR count). The molecule has 2 aromatic heterocycles. The maximum absolute atomic E-state index is 12.5. The van der Waals surface area contributed by atoms with Crippen LogP contribution in [0.3, 0.4) is 0 Å². The predicted molar refractivity (Wildman–Crippen MR) is 100 cm³/mol. The summed E-state index contributed by atoms with van der Waals surface area (Å²) in [6, 6.07) is 13.9. The number of amides is 1. The summed E-state index contributed by atoms with van der Waals surface area (Å²) in [5, 5.41) is 9.65. The van der Waals surface area contributed by atoms with Gasteiger partial charge < -0.3 is 5.32 Å². The van der Waals surface area contributed by atoms with Crippen LogP contribution in [0.15, 0.2) is 47.8 Å². The molecule has 6 heteroatoms. The van der Waals surface area contributed by atoms with Gasteiger partial charge in [0.05, 0.1) is 17.9 Å². The molecule has 0 saturated heterocycles. The lowest BCUT2D eigenvalue weighted by molar-refractivity contribution is -0.117. The molecule has 0 spiro atoms. The van der Waals surface area contributed by atoms with Gasteiger partial charge in [-0.2, -0.15) is 5.10 Å². The van der Waals surface area contributed by atoms with Gasteiger partial charge in [0.1, 0.15) is 5.82 Å². The summed E-state index contributed by atoms with van der Waals surface area (Å²) in [5.74, 6) is 0.706. The van der Waals surface area contributed by atoms with Crippen molar-refractivity contribution < 1.29 is 4.79 Å². The molecule has 1 N–H and O–H groups in total. The molecule has 0 radical (unpaired) electrons. The maximum atomic E-state index is 12.5. The zero-order valence-electron chi connectivity index (χ0n) is 14.1. The molecule has 1 aliphatic heterocycles. The van der Waals surface area contributed by atoms with Crippen LogP contribution in [0.4, 0.5) is 5.82 Å². The average Bonchev–Trinajstić information content (AvgIpc) is 3.21. The number of rotatable bonds is 4. The number of carbonyl (C=O) groups excluding carboxylic acids is 1. The minimum absolute atomic E-state index is 0.00393. The molecule has 1 aliphatic rings. The third-order valence-electron chi connectivity index (χ3n) is 4.35. The minimum Gasteiger partial charge on any atom is -0.309 e. The van der Waals surface area contributed by atoms with Crippen LogP contribution >= 0.6 is 11.3 Å². The monoisotopic (exact) mass is 352 g/mol. The SMILES string of the molecule is Cc1cc(NC(=O)CN2CCc3sccc3C2)n(-c2ccccc2)n1. The Morgan fingerprint density at radius 2 is 2.12 bits per heavy atom. The molecule has 0 atom stereocenters. The lowest BCUT2D eigenvalue weighted by Crippen LogP contribution is -2.36. The second-order valence-corrected chi connectivity index (χ2v) is 7.30. The summed E-state index contributed by atoms with van der Waals surface area (Å²) in [6.45, 7) is 4.10. The third kappa shape index (κ3) is 3.50. The summed E-state index contributed by atoms with van der Waals surface area (Å²) in [5.41, 5.74) is 3.17. The number of thiophene rings is 1. The van der Waals surface area contributed by atoms with Gasteiger partial charge >= 0.3 is 0 Å². The number of benzene rings is 1. The Morgan fingerprint density at radius 3 is 2.96 bits per heavy atom. The topological polar surface area (TPSA) is 50.2 Å². The summed E-state index contributed by atoms with van der Waals surface area (Å²) in [7, 11) is 0. The van der Waals surface area contributed by atoms with Crippen molar-refractivity contribution in [2.24, 2.45) is 0 Å². The van der Waals surface area contributed by atoms with E-state index in [2.05, 4.69) is 26.8 Å².